The Morgan fingerprint density at radius 2 is 1.64 bits per heavy atom. The normalized spacial score (nSPS) is 10.7. The standard InChI is InChI=1S/C18H12Cl2O2/c1-22-18(21)12-9-8-11-4-2-5-13(14(11)10-12)17-15(19)6-3-7-16(17)20/h2-10H,1H3. The summed E-state index contributed by atoms with van der Waals surface area (Å²) < 4.78 is 4.79. The van der Waals surface area contributed by atoms with E-state index in [4.69, 9.17) is 27.9 Å². The first-order valence-electron chi connectivity index (χ1n) is 6.67. The number of esters is 1. The number of benzene rings is 3. The van der Waals surface area contributed by atoms with Crippen molar-refractivity contribution in [1.29, 1.82) is 0 Å². The van der Waals surface area contributed by atoms with Crippen LogP contribution in [0.4, 0.5) is 0 Å². The molecule has 0 saturated heterocycles. The van der Waals surface area contributed by atoms with E-state index in [9.17, 15) is 4.79 Å². The van der Waals surface area contributed by atoms with Gasteiger partial charge >= 0.3 is 5.97 Å². The van der Waals surface area contributed by atoms with Crippen molar-refractivity contribution in [2.75, 3.05) is 7.11 Å². The fourth-order valence-corrected chi connectivity index (χ4v) is 3.09. The van der Waals surface area contributed by atoms with Crippen molar-refractivity contribution in [3.05, 3.63) is 70.2 Å². The molecule has 0 aromatic heterocycles. The average Bonchev–Trinajstić information content (AvgIpc) is 2.53. The monoisotopic (exact) mass is 330 g/mol. The lowest BCUT2D eigenvalue weighted by Crippen LogP contribution is -2.00. The van der Waals surface area contributed by atoms with E-state index in [1.165, 1.54) is 7.11 Å². The minimum Gasteiger partial charge on any atom is -0.465 e. The summed E-state index contributed by atoms with van der Waals surface area (Å²) in [6.45, 7) is 0. The quantitative estimate of drug-likeness (QED) is 0.571. The number of hydrogen-bond acceptors (Lipinski definition) is 2. The van der Waals surface area contributed by atoms with Crippen molar-refractivity contribution in [1.82, 2.24) is 0 Å². The Hall–Kier alpha value is -2.03. The minimum absolute atomic E-state index is 0.373. The first-order chi connectivity index (χ1) is 10.6. The first kappa shape index (κ1) is 14.9. The van der Waals surface area contributed by atoms with Crippen molar-refractivity contribution in [3.63, 3.8) is 0 Å². The second kappa shape index (κ2) is 5.99. The lowest BCUT2D eigenvalue weighted by molar-refractivity contribution is 0.0601. The van der Waals surface area contributed by atoms with Gasteiger partial charge in [0, 0.05) is 15.6 Å². The van der Waals surface area contributed by atoms with Gasteiger partial charge in [0.1, 0.15) is 0 Å². The number of halogens is 2. The SMILES string of the molecule is COC(=O)c1ccc2cccc(-c3c(Cl)cccc3Cl)c2c1. The molecule has 3 aromatic rings. The number of methoxy groups -OCH3 is 1. The highest BCUT2D eigenvalue weighted by Crippen LogP contribution is 2.38. The van der Waals surface area contributed by atoms with Crippen molar-refractivity contribution in [3.8, 4) is 11.1 Å². The highest BCUT2D eigenvalue weighted by molar-refractivity contribution is 6.39. The summed E-state index contributed by atoms with van der Waals surface area (Å²) >= 11 is 12.6. The molecule has 0 radical (unpaired) electrons. The molecule has 0 aliphatic rings. The molecule has 4 heteroatoms. The van der Waals surface area contributed by atoms with Crippen LogP contribution < -0.4 is 0 Å². The third-order valence-electron chi connectivity index (χ3n) is 3.54. The third-order valence-corrected chi connectivity index (χ3v) is 4.17. The fraction of sp³-hybridized carbons (Fsp3) is 0.0556. The van der Waals surface area contributed by atoms with Crippen LogP contribution in [0.15, 0.2) is 54.6 Å². The van der Waals surface area contributed by atoms with E-state index >= 15 is 0 Å². The lowest BCUT2D eigenvalue weighted by Gasteiger charge is -2.11. The molecule has 22 heavy (non-hydrogen) atoms. The predicted octanol–water partition coefficient (Wildman–Crippen LogP) is 5.60. The first-order valence-corrected chi connectivity index (χ1v) is 7.43. The van der Waals surface area contributed by atoms with Crippen molar-refractivity contribution >= 4 is 39.9 Å². The molecule has 0 atom stereocenters. The Bertz CT molecular complexity index is 852. The molecular formula is C18H12Cl2O2. The van der Waals surface area contributed by atoms with E-state index in [1.54, 1.807) is 30.3 Å². The van der Waals surface area contributed by atoms with E-state index in [1.807, 2.05) is 24.3 Å². The topological polar surface area (TPSA) is 26.3 Å². The minimum atomic E-state index is -0.373. The molecule has 0 saturated carbocycles. The predicted molar refractivity (Wildman–Crippen MR) is 90.7 cm³/mol. The zero-order valence-corrected chi connectivity index (χ0v) is 13.3. The van der Waals surface area contributed by atoms with Crippen LogP contribution in [-0.2, 0) is 4.74 Å². The summed E-state index contributed by atoms with van der Waals surface area (Å²) in [5.74, 6) is -0.373. The summed E-state index contributed by atoms with van der Waals surface area (Å²) in [6.07, 6.45) is 0. The molecular weight excluding hydrogens is 319 g/mol. The smallest absolute Gasteiger partial charge is 0.337 e. The van der Waals surface area contributed by atoms with Gasteiger partial charge in [0.15, 0.2) is 0 Å². The Balaban J connectivity index is 2.32. The van der Waals surface area contributed by atoms with Gasteiger partial charge < -0.3 is 4.74 Å². The maximum atomic E-state index is 11.8. The summed E-state index contributed by atoms with van der Waals surface area (Å²) in [4.78, 5) is 11.8. The summed E-state index contributed by atoms with van der Waals surface area (Å²) in [6, 6.07) is 16.7. The van der Waals surface area contributed by atoms with Crippen LogP contribution in [-0.4, -0.2) is 13.1 Å². The Morgan fingerprint density at radius 3 is 2.32 bits per heavy atom. The van der Waals surface area contributed by atoms with Gasteiger partial charge in [-0.05, 0) is 40.6 Å². The van der Waals surface area contributed by atoms with Gasteiger partial charge in [-0.2, -0.15) is 0 Å². The highest BCUT2D eigenvalue weighted by Gasteiger charge is 2.13. The Kier molecular flexibility index (Phi) is 4.06. The van der Waals surface area contributed by atoms with Crippen LogP contribution in [0.3, 0.4) is 0 Å². The fourth-order valence-electron chi connectivity index (χ4n) is 2.49. The van der Waals surface area contributed by atoms with Crippen LogP contribution in [0, 0.1) is 0 Å². The van der Waals surface area contributed by atoms with Crippen LogP contribution in [0.1, 0.15) is 10.4 Å². The van der Waals surface area contributed by atoms with E-state index < -0.39 is 0 Å². The molecule has 0 N–H and O–H groups in total. The van der Waals surface area contributed by atoms with Gasteiger partial charge in [-0.3, -0.25) is 0 Å². The summed E-state index contributed by atoms with van der Waals surface area (Å²) in [5.41, 5.74) is 2.14. The molecule has 0 bridgehead atoms. The largest absolute Gasteiger partial charge is 0.465 e. The van der Waals surface area contributed by atoms with Crippen molar-refractivity contribution < 1.29 is 9.53 Å². The Labute approximate surface area is 138 Å². The van der Waals surface area contributed by atoms with Gasteiger partial charge in [0.2, 0.25) is 0 Å². The molecule has 0 amide bonds. The average molecular weight is 331 g/mol. The van der Waals surface area contributed by atoms with Gasteiger partial charge in [0.05, 0.1) is 12.7 Å². The number of carbonyl (C=O) groups is 1. The number of hydrogen-bond donors (Lipinski definition) is 0. The Morgan fingerprint density at radius 1 is 0.955 bits per heavy atom. The van der Waals surface area contributed by atoms with Gasteiger partial charge in [0.25, 0.3) is 0 Å². The molecule has 0 heterocycles. The zero-order chi connectivity index (χ0) is 15.7. The second-order valence-corrected chi connectivity index (χ2v) is 5.64. The second-order valence-electron chi connectivity index (χ2n) is 4.83. The maximum Gasteiger partial charge on any atom is 0.337 e. The van der Waals surface area contributed by atoms with E-state index in [-0.39, 0.29) is 5.97 Å². The number of carbonyl (C=O) groups excluding carboxylic acids is 1. The summed E-state index contributed by atoms with van der Waals surface area (Å²) in [7, 11) is 1.36. The van der Waals surface area contributed by atoms with Gasteiger partial charge in [-0.15, -0.1) is 0 Å². The summed E-state index contributed by atoms with van der Waals surface area (Å²) in [5, 5.41) is 3.05. The van der Waals surface area contributed by atoms with Crippen LogP contribution >= 0.6 is 23.2 Å². The lowest BCUT2D eigenvalue weighted by atomic mass is 9.96. The van der Waals surface area contributed by atoms with Crippen LogP contribution in [0.2, 0.25) is 10.0 Å². The highest BCUT2D eigenvalue weighted by atomic mass is 35.5. The van der Waals surface area contributed by atoms with Crippen LogP contribution in [0.25, 0.3) is 21.9 Å². The third kappa shape index (κ3) is 2.56. The van der Waals surface area contributed by atoms with Crippen LogP contribution in [0.5, 0.6) is 0 Å². The number of ether oxygens (including phenoxy) is 1. The van der Waals surface area contributed by atoms with E-state index in [0.717, 1.165) is 21.9 Å². The molecule has 2 nitrogen and oxygen atoms in total. The van der Waals surface area contributed by atoms with Gasteiger partial charge in [-0.25, -0.2) is 4.79 Å². The van der Waals surface area contributed by atoms with E-state index in [0.29, 0.717) is 15.6 Å². The van der Waals surface area contributed by atoms with Crippen molar-refractivity contribution in [2.24, 2.45) is 0 Å². The maximum absolute atomic E-state index is 11.8. The molecule has 0 unspecified atom stereocenters. The van der Waals surface area contributed by atoms with Gasteiger partial charge in [-0.1, -0.05) is 53.5 Å². The molecule has 0 fully saturated rings. The molecule has 0 aliphatic heterocycles. The molecule has 0 spiro atoms. The zero-order valence-electron chi connectivity index (χ0n) is 11.8. The molecule has 110 valence electrons. The van der Waals surface area contributed by atoms with E-state index in [2.05, 4.69) is 0 Å². The molecule has 3 rings (SSSR count). The molecule has 0 aliphatic carbocycles. The molecule has 3 aromatic carbocycles. The van der Waals surface area contributed by atoms with Crippen molar-refractivity contribution in [2.45, 2.75) is 0 Å². The number of rotatable bonds is 2. The number of fused-ring (bicyclic) bond motifs is 1.